The first kappa shape index (κ1) is 17.6. The van der Waals surface area contributed by atoms with Gasteiger partial charge < -0.3 is 18.3 Å². The van der Waals surface area contributed by atoms with Crippen LogP contribution in [0, 0.1) is 17.8 Å². The summed E-state index contributed by atoms with van der Waals surface area (Å²) < 4.78 is 22.2. The molecular weight excluding hydrogens is 384 g/mol. The van der Waals surface area contributed by atoms with Gasteiger partial charge in [0.05, 0.1) is 12.5 Å². The van der Waals surface area contributed by atoms with Gasteiger partial charge in [0.15, 0.2) is 0 Å². The molecule has 1 aromatic carbocycles. The van der Waals surface area contributed by atoms with E-state index in [1.165, 1.54) is 23.7 Å². The summed E-state index contributed by atoms with van der Waals surface area (Å²) in [4.78, 5) is 25.3. The van der Waals surface area contributed by atoms with Crippen LogP contribution in [0.2, 0.25) is 0 Å². The van der Waals surface area contributed by atoms with Gasteiger partial charge in [0.25, 0.3) is 0 Å². The van der Waals surface area contributed by atoms with Gasteiger partial charge in [0.1, 0.15) is 12.2 Å². The molecule has 6 heteroatoms. The Balaban J connectivity index is 1.32. The van der Waals surface area contributed by atoms with E-state index >= 15 is 0 Å². The van der Waals surface area contributed by atoms with Crippen molar-refractivity contribution in [3.8, 4) is 0 Å². The number of hydrogen-bond acceptors (Lipinski definition) is 6. The predicted octanol–water partition coefficient (Wildman–Crippen LogP) is 4.23. The standard InChI is InChI=1S/C24H20O6/c25-23(18-7-3-9-27-18)29-21-16-12-17(22(21)30-24(26)19-8-4-10-28-19)20-14-6-2-1-5-13(14)11-15(16)20/h1-10,15-17,20-22H,11-12H2/t15?,16-,17+,20?,21-,22+/m1/s1. The van der Waals surface area contributed by atoms with Crippen molar-refractivity contribution in [2.75, 3.05) is 0 Å². The van der Waals surface area contributed by atoms with E-state index in [-0.39, 0.29) is 23.4 Å². The minimum atomic E-state index is -0.528. The van der Waals surface area contributed by atoms with E-state index in [9.17, 15) is 9.59 Å². The average molecular weight is 404 g/mol. The SMILES string of the molecule is O=C(O[C@@H]1[C@H](OC(=O)c2ccco2)[C@@H]2C[C@H]1C1c3ccccc3CC12)c1ccco1. The zero-order valence-corrected chi connectivity index (χ0v) is 16.1. The summed E-state index contributed by atoms with van der Waals surface area (Å²) in [6.45, 7) is 0. The second-order valence-corrected chi connectivity index (χ2v) is 8.35. The van der Waals surface area contributed by atoms with Crippen LogP contribution in [0.5, 0.6) is 0 Å². The molecule has 3 aromatic rings. The molecule has 2 bridgehead atoms. The summed E-state index contributed by atoms with van der Waals surface area (Å²) in [5.41, 5.74) is 2.68. The largest absolute Gasteiger partial charge is 0.457 e. The average Bonchev–Trinajstić information content (AvgIpc) is 3.55. The minimum absolute atomic E-state index is 0.108. The molecule has 2 saturated carbocycles. The van der Waals surface area contributed by atoms with Crippen LogP contribution in [0.15, 0.2) is 69.9 Å². The maximum Gasteiger partial charge on any atom is 0.374 e. The summed E-state index contributed by atoms with van der Waals surface area (Å²) in [6.07, 6.45) is 3.71. The van der Waals surface area contributed by atoms with Crippen LogP contribution in [0.4, 0.5) is 0 Å². The number of hydrogen-bond donors (Lipinski definition) is 0. The van der Waals surface area contributed by atoms with Crippen molar-refractivity contribution in [3.63, 3.8) is 0 Å². The third-order valence-electron chi connectivity index (χ3n) is 6.99. The maximum absolute atomic E-state index is 12.7. The van der Waals surface area contributed by atoms with Crippen molar-refractivity contribution in [2.45, 2.75) is 31.0 Å². The number of benzene rings is 1. The van der Waals surface area contributed by atoms with E-state index in [2.05, 4.69) is 24.3 Å². The molecule has 3 aliphatic carbocycles. The number of fused-ring (bicyclic) bond motifs is 7. The van der Waals surface area contributed by atoms with E-state index in [1.54, 1.807) is 24.3 Å². The molecule has 0 spiro atoms. The lowest BCUT2D eigenvalue weighted by atomic mass is 9.76. The lowest BCUT2D eigenvalue weighted by Crippen LogP contribution is -2.45. The van der Waals surface area contributed by atoms with Gasteiger partial charge in [-0.25, -0.2) is 9.59 Å². The zero-order chi connectivity index (χ0) is 20.2. The normalized spacial score (nSPS) is 30.7. The monoisotopic (exact) mass is 404 g/mol. The smallest absolute Gasteiger partial charge is 0.374 e. The van der Waals surface area contributed by atoms with E-state index < -0.39 is 24.1 Å². The Bertz CT molecular complexity index is 1080. The van der Waals surface area contributed by atoms with Gasteiger partial charge in [0.2, 0.25) is 11.5 Å². The van der Waals surface area contributed by atoms with Gasteiger partial charge in [0, 0.05) is 11.8 Å². The summed E-state index contributed by atoms with van der Waals surface area (Å²) in [6, 6.07) is 14.9. The summed E-state index contributed by atoms with van der Waals surface area (Å²) in [7, 11) is 0. The second kappa shape index (κ2) is 6.62. The number of esters is 2. The Hall–Kier alpha value is -3.28. The van der Waals surface area contributed by atoms with Gasteiger partial charge in [-0.15, -0.1) is 0 Å². The van der Waals surface area contributed by atoms with Crippen molar-refractivity contribution >= 4 is 11.9 Å². The highest BCUT2D eigenvalue weighted by Crippen LogP contribution is 2.62. The lowest BCUT2D eigenvalue weighted by Gasteiger charge is -2.37. The van der Waals surface area contributed by atoms with Crippen molar-refractivity contribution in [3.05, 3.63) is 83.7 Å². The van der Waals surface area contributed by atoms with Crippen molar-refractivity contribution in [2.24, 2.45) is 17.8 Å². The first-order valence-electron chi connectivity index (χ1n) is 10.3. The molecule has 2 heterocycles. The number of ether oxygens (including phenoxy) is 2. The fourth-order valence-corrected chi connectivity index (χ4v) is 5.92. The number of carbonyl (C=O) groups is 2. The van der Waals surface area contributed by atoms with Crippen molar-refractivity contribution in [1.82, 2.24) is 0 Å². The van der Waals surface area contributed by atoms with Crippen LogP contribution in [0.3, 0.4) is 0 Å². The fourth-order valence-electron chi connectivity index (χ4n) is 5.92. The summed E-state index contributed by atoms with van der Waals surface area (Å²) in [5.74, 6) is 0.206. The molecule has 2 aromatic heterocycles. The van der Waals surface area contributed by atoms with Gasteiger partial charge in [-0.2, -0.15) is 0 Å². The molecule has 0 amide bonds. The molecule has 0 saturated heterocycles. The molecular formula is C24H20O6. The van der Waals surface area contributed by atoms with Crippen LogP contribution >= 0.6 is 0 Å². The minimum Gasteiger partial charge on any atom is -0.457 e. The van der Waals surface area contributed by atoms with Crippen LogP contribution in [-0.2, 0) is 15.9 Å². The van der Waals surface area contributed by atoms with E-state index in [4.69, 9.17) is 18.3 Å². The van der Waals surface area contributed by atoms with E-state index in [0.29, 0.717) is 11.8 Å². The Labute approximate surface area is 172 Å². The molecule has 152 valence electrons. The molecule has 0 aliphatic heterocycles. The number of carbonyl (C=O) groups excluding carboxylic acids is 2. The van der Waals surface area contributed by atoms with Crippen molar-refractivity contribution < 1.29 is 27.9 Å². The Kier molecular flexibility index (Phi) is 3.88. The Morgan fingerprint density at radius 1 is 0.767 bits per heavy atom. The summed E-state index contributed by atoms with van der Waals surface area (Å²) in [5, 5.41) is 0. The van der Waals surface area contributed by atoms with Gasteiger partial charge in [-0.05, 0) is 60.1 Å². The van der Waals surface area contributed by atoms with E-state index in [0.717, 1.165) is 12.8 Å². The van der Waals surface area contributed by atoms with Crippen LogP contribution < -0.4 is 0 Å². The highest BCUT2D eigenvalue weighted by Gasteiger charge is 2.63. The molecule has 0 N–H and O–H groups in total. The molecule has 3 aliphatic rings. The molecule has 2 unspecified atom stereocenters. The quantitative estimate of drug-likeness (QED) is 0.606. The van der Waals surface area contributed by atoms with Crippen LogP contribution in [0.1, 0.15) is 44.6 Å². The second-order valence-electron chi connectivity index (χ2n) is 8.35. The van der Waals surface area contributed by atoms with Gasteiger partial charge in [-0.1, -0.05) is 24.3 Å². The number of furan rings is 2. The third-order valence-corrected chi connectivity index (χ3v) is 6.99. The highest BCUT2D eigenvalue weighted by atomic mass is 16.6. The lowest BCUT2D eigenvalue weighted by molar-refractivity contribution is -0.0719. The van der Waals surface area contributed by atoms with Gasteiger partial charge >= 0.3 is 11.9 Å². The first-order chi connectivity index (χ1) is 14.7. The van der Waals surface area contributed by atoms with Crippen LogP contribution in [0.25, 0.3) is 0 Å². The topological polar surface area (TPSA) is 78.9 Å². The van der Waals surface area contributed by atoms with Crippen LogP contribution in [-0.4, -0.2) is 24.1 Å². The van der Waals surface area contributed by atoms with E-state index in [1.807, 2.05) is 0 Å². The number of rotatable bonds is 4. The molecule has 0 radical (unpaired) electrons. The highest BCUT2D eigenvalue weighted by molar-refractivity contribution is 5.87. The molecule has 30 heavy (non-hydrogen) atoms. The molecule has 2 fully saturated rings. The van der Waals surface area contributed by atoms with Crippen molar-refractivity contribution in [1.29, 1.82) is 0 Å². The molecule has 6 atom stereocenters. The molecule has 6 rings (SSSR count). The Morgan fingerprint density at radius 2 is 1.40 bits per heavy atom. The zero-order valence-electron chi connectivity index (χ0n) is 16.1. The fraction of sp³-hybridized carbons (Fsp3) is 0.333. The first-order valence-corrected chi connectivity index (χ1v) is 10.3. The van der Waals surface area contributed by atoms with Gasteiger partial charge in [-0.3, -0.25) is 0 Å². The predicted molar refractivity (Wildman–Crippen MR) is 104 cm³/mol. The molecule has 6 nitrogen and oxygen atoms in total. The maximum atomic E-state index is 12.7. The third kappa shape index (κ3) is 2.56. The summed E-state index contributed by atoms with van der Waals surface area (Å²) >= 11 is 0. The Morgan fingerprint density at radius 3 is 2.03 bits per heavy atom.